The lowest BCUT2D eigenvalue weighted by atomic mass is 10.1. The van der Waals surface area contributed by atoms with Crippen molar-refractivity contribution in [1.29, 1.82) is 0 Å². The van der Waals surface area contributed by atoms with Gasteiger partial charge in [0.25, 0.3) is 0 Å². The first-order valence-corrected chi connectivity index (χ1v) is 8.18. The molecule has 1 aliphatic rings. The number of benzene rings is 1. The fraction of sp³-hybridized carbons (Fsp3) is 0.625. The molecule has 0 radical (unpaired) electrons. The van der Waals surface area contributed by atoms with E-state index in [1.807, 2.05) is 0 Å². The van der Waals surface area contributed by atoms with Crippen LogP contribution >= 0.6 is 15.9 Å². The number of hydrogen-bond donors (Lipinski definition) is 1. The summed E-state index contributed by atoms with van der Waals surface area (Å²) < 4.78 is 12.4. The highest BCUT2D eigenvalue weighted by molar-refractivity contribution is 9.10. The molecule has 1 aliphatic heterocycles. The normalized spacial score (nSPS) is 16.6. The molecule has 1 heterocycles. The van der Waals surface area contributed by atoms with Crippen LogP contribution in [0.15, 0.2) is 22.7 Å². The van der Waals surface area contributed by atoms with Gasteiger partial charge in [0, 0.05) is 19.4 Å². The van der Waals surface area contributed by atoms with E-state index in [0.29, 0.717) is 5.92 Å². The molecule has 112 valence electrons. The Morgan fingerprint density at radius 1 is 1.35 bits per heavy atom. The third-order valence-electron chi connectivity index (χ3n) is 3.34. The minimum absolute atomic E-state index is 0.282. The molecule has 0 saturated carbocycles. The van der Waals surface area contributed by atoms with Crippen molar-refractivity contribution >= 4 is 15.9 Å². The largest absolute Gasteiger partial charge is 0.489 e. The van der Waals surface area contributed by atoms with Gasteiger partial charge in [0.15, 0.2) is 0 Å². The minimum Gasteiger partial charge on any atom is -0.489 e. The zero-order chi connectivity index (χ0) is 14.4. The maximum Gasteiger partial charge on any atom is 0.133 e. The Bertz CT molecular complexity index is 417. The molecule has 0 atom stereocenters. The van der Waals surface area contributed by atoms with Gasteiger partial charge in [-0.2, -0.15) is 0 Å². The third kappa shape index (κ3) is 5.08. The van der Waals surface area contributed by atoms with E-state index in [-0.39, 0.29) is 6.10 Å². The lowest BCUT2D eigenvalue weighted by Crippen LogP contribution is -2.26. The summed E-state index contributed by atoms with van der Waals surface area (Å²) in [5.41, 5.74) is 1.27. The molecule has 0 amide bonds. The van der Waals surface area contributed by atoms with Crippen molar-refractivity contribution in [3.63, 3.8) is 0 Å². The summed E-state index contributed by atoms with van der Waals surface area (Å²) in [6.45, 7) is 7.98. The predicted octanol–water partition coefficient (Wildman–Crippen LogP) is 3.75. The molecule has 4 heteroatoms. The quantitative estimate of drug-likeness (QED) is 0.854. The zero-order valence-electron chi connectivity index (χ0n) is 12.3. The van der Waals surface area contributed by atoms with Gasteiger partial charge in [-0.05, 0) is 46.1 Å². The topological polar surface area (TPSA) is 30.5 Å². The van der Waals surface area contributed by atoms with Crippen molar-refractivity contribution in [1.82, 2.24) is 5.32 Å². The summed E-state index contributed by atoms with van der Waals surface area (Å²) in [4.78, 5) is 0. The maximum atomic E-state index is 6.04. The van der Waals surface area contributed by atoms with E-state index in [1.54, 1.807) is 0 Å². The van der Waals surface area contributed by atoms with Crippen LogP contribution in [0.5, 0.6) is 5.75 Å². The summed E-state index contributed by atoms with van der Waals surface area (Å²) in [6, 6.07) is 6.33. The van der Waals surface area contributed by atoms with Gasteiger partial charge in [-0.1, -0.05) is 19.9 Å². The molecule has 1 fully saturated rings. The number of rotatable bonds is 6. The number of hydrogen-bond acceptors (Lipinski definition) is 3. The average molecular weight is 342 g/mol. The van der Waals surface area contributed by atoms with E-state index in [9.17, 15) is 0 Å². The van der Waals surface area contributed by atoms with Gasteiger partial charge in [0.05, 0.1) is 17.7 Å². The van der Waals surface area contributed by atoms with Crippen molar-refractivity contribution in [3.05, 3.63) is 28.2 Å². The van der Waals surface area contributed by atoms with Crippen molar-refractivity contribution in [3.8, 4) is 5.75 Å². The van der Waals surface area contributed by atoms with Gasteiger partial charge >= 0.3 is 0 Å². The minimum atomic E-state index is 0.282. The lowest BCUT2D eigenvalue weighted by molar-refractivity contribution is 0.0252. The highest BCUT2D eigenvalue weighted by Crippen LogP contribution is 2.28. The van der Waals surface area contributed by atoms with Gasteiger partial charge in [0.1, 0.15) is 11.9 Å². The van der Waals surface area contributed by atoms with Crippen LogP contribution in [0.4, 0.5) is 0 Å². The molecule has 1 aromatic carbocycles. The molecule has 1 N–H and O–H groups in total. The molecule has 0 unspecified atom stereocenters. The zero-order valence-corrected chi connectivity index (χ0v) is 13.9. The summed E-state index contributed by atoms with van der Waals surface area (Å²) in [5.74, 6) is 1.61. The van der Waals surface area contributed by atoms with Gasteiger partial charge in [-0.15, -0.1) is 0 Å². The predicted molar refractivity (Wildman–Crippen MR) is 85.2 cm³/mol. The van der Waals surface area contributed by atoms with E-state index in [4.69, 9.17) is 9.47 Å². The van der Waals surface area contributed by atoms with Crippen molar-refractivity contribution in [2.24, 2.45) is 5.92 Å². The fourth-order valence-electron chi connectivity index (χ4n) is 2.23. The molecule has 0 aliphatic carbocycles. The first-order valence-electron chi connectivity index (χ1n) is 7.38. The average Bonchev–Trinajstić information content (AvgIpc) is 2.42. The Hall–Kier alpha value is -0.580. The van der Waals surface area contributed by atoms with E-state index < -0.39 is 0 Å². The summed E-state index contributed by atoms with van der Waals surface area (Å²) in [5, 5.41) is 3.45. The number of ether oxygens (including phenoxy) is 2. The number of halogens is 1. The highest BCUT2D eigenvalue weighted by atomic mass is 79.9. The van der Waals surface area contributed by atoms with Crippen molar-refractivity contribution in [2.45, 2.75) is 39.3 Å². The standard InChI is InChI=1S/C16H24BrNO2/c1-12(2)10-18-11-13-3-4-16(15(17)9-13)20-14-5-7-19-8-6-14/h3-4,9,12,14,18H,5-8,10-11H2,1-2H3. The van der Waals surface area contributed by atoms with E-state index in [2.05, 4.69) is 53.3 Å². The van der Waals surface area contributed by atoms with Crippen molar-refractivity contribution < 1.29 is 9.47 Å². The summed E-state index contributed by atoms with van der Waals surface area (Å²) in [6.07, 6.45) is 2.24. The van der Waals surface area contributed by atoms with Crippen LogP contribution in [0, 0.1) is 5.92 Å². The van der Waals surface area contributed by atoms with Crippen LogP contribution in [0.1, 0.15) is 32.3 Å². The van der Waals surface area contributed by atoms with Crippen LogP contribution < -0.4 is 10.1 Å². The second-order valence-electron chi connectivity index (χ2n) is 5.72. The SMILES string of the molecule is CC(C)CNCc1ccc(OC2CCOCC2)c(Br)c1. The molecule has 1 saturated heterocycles. The molecule has 0 bridgehead atoms. The summed E-state index contributed by atoms with van der Waals surface area (Å²) >= 11 is 3.61. The highest BCUT2D eigenvalue weighted by Gasteiger charge is 2.16. The van der Waals surface area contributed by atoms with Crippen molar-refractivity contribution in [2.75, 3.05) is 19.8 Å². The Morgan fingerprint density at radius 3 is 2.75 bits per heavy atom. The first kappa shape index (κ1) is 15.8. The number of nitrogens with one attached hydrogen (secondary N) is 1. The van der Waals surface area contributed by atoms with E-state index in [0.717, 1.165) is 49.4 Å². The van der Waals surface area contributed by atoms with Gasteiger partial charge in [-0.3, -0.25) is 0 Å². The van der Waals surface area contributed by atoms with Gasteiger partial charge in [0.2, 0.25) is 0 Å². The molecule has 2 rings (SSSR count). The molecule has 0 spiro atoms. The second kappa shape index (κ2) is 8.01. The smallest absolute Gasteiger partial charge is 0.133 e. The monoisotopic (exact) mass is 341 g/mol. The lowest BCUT2D eigenvalue weighted by Gasteiger charge is -2.24. The van der Waals surface area contributed by atoms with Gasteiger partial charge < -0.3 is 14.8 Å². The molecular weight excluding hydrogens is 318 g/mol. The van der Waals surface area contributed by atoms with Crippen LogP contribution in [-0.4, -0.2) is 25.9 Å². The van der Waals surface area contributed by atoms with Crippen LogP contribution in [0.3, 0.4) is 0 Å². The van der Waals surface area contributed by atoms with Crippen LogP contribution in [-0.2, 0) is 11.3 Å². The Kier molecular flexibility index (Phi) is 6.33. The third-order valence-corrected chi connectivity index (χ3v) is 3.96. The maximum absolute atomic E-state index is 6.04. The first-order chi connectivity index (χ1) is 9.65. The summed E-state index contributed by atoms with van der Waals surface area (Å²) in [7, 11) is 0. The molecule has 1 aromatic rings. The van der Waals surface area contributed by atoms with E-state index in [1.165, 1.54) is 5.56 Å². The van der Waals surface area contributed by atoms with E-state index >= 15 is 0 Å². The fourth-order valence-corrected chi connectivity index (χ4v) is 2.75. The Balaban J connectivity index is 1.88. The molecule has 0 aromatic heterocycles. The molecule has 3 nitrogen and oxygen atoms in total. The Morgan fingerprint density at radius 2 is 2.10 bits per heavy atom. The van der Waals surface area contributed by atoms with Gasteiger partial charge in [-0.25, -0.2) is 0 Å². The molecular formula is C16H24BrNO2. The second-order valence-corrected chi connectivity index (χ2v) is 6.57. The van der Waals surface area contributed by atoms with Crippen LogP contribution in [0.2, 0.25) is 0 Å². The van der Waals surface area contributed by atoms with Crippen LogP contribution in [0.25, 0.3) is 0 Å². The molecule has 20 heavy (non-hydrogen) atoms. The Labute approximate surface area is 130 Å².